The first kappa shape index (κ1) is 23.4. The second kappa shape index (κ2) is 9.62. The first-order valence-corrected chi connectivity index (χ1v) is 14.0. The average molecular weight is 523 g/mol. The summed E-state index contributed by atoms with van der Waals surface area (Å²) < 4.78 is 0. The minimum atomic E-state index is 0.983. The lowest BCUT2D eigenvalue weighted by atomic mass is 10.0. The molecule has 0 aliphatic rings. The van der Waals surface area contributed by atoms with Gasteiger partial charge in [-0.1, -0.05) is 97.1 Å². The van der Waals surface area contributed by atoms with E-state index in [-0.39, 0.29) is 0 Å². The maximum atomic E-state index is 4.95. The molecule has 0 N–H and O–H groups in total. The molecule has 0 bridgehead atoms. The van der Waals surface area contributed by atoms with Gasteiger partial charge in [-0.15, -0.1) is 0 Å². The monoisotopic (exact) mass is 522 g/mol. The molecule has 0 saturated carbocycles. The lowest BCUT2D eigenvalue weighted by molar-refractivity contribution is 1.30. The summed E-state index contributed by atoms with van der Waals surface area (Å²) in [6.45, 7) is 0. The molecule has 1 heterocycles. The van der Waals surface area contributed by atoms with Gasteiger partial charge in [-0.25, -0.2) is 4.98 Å². The van der Waals surface area contributed by atoms with Crippen LogP contribution in [0.15, 0.2) is 158 Å². The minimum Gasteiger partial charge on any atom is -0.310 e. The van der Waals surface area contributed by atoms with E-state index in [1.54, 1.807) is 0 Å². The Morgan fingerprint density at radius 2 is 1.10 bits per heavy atom. The maximum absolute atomic E-state index is 4.95. The van der Waals surface area contributed by atoms with Gasteiger partial charge in [0.2, 0.25) is 0 Å². The van der Waals surface area contributed by atoms with Crippen LogP contribution in [0.25, 0.3) is 54.5 Å². The summed E-state index contributed by atoms with van der Waals surface area (Å²) in [4.78, 5) is 7.33. The number of hydrogen-bond acceptors (Lipinski definition) is 2. The molecular formula is C39H26N2. The maximum Gasteiger partial charge on any atom is 0.0709 e. The fourth-order valence-electron chi connectivity index (χ4n) is 5.91. The number of pyridine rings is 1. The third-order valence-electron chi connectivity index (χ3n) is 7.96. The van der Waals surface area contributed by atoms with E-state index >= 15 is 0 Å². The molecule has 192 valence electrons. The van der Waals surface area contributed by atoms with Gasteiger partial charge in [0.05, 0.1) is 16.9 Å². The van der Waals surface area contributed by atoms with Crippen LogP contribution >= 0.6 is 0 Å². The highest BCUT2D eigenvalue weighted by Crippen LogP contribution is 2.41. The molecule has 0 saturated heterocycles. The zero-order chi connectivity index (χ0) is 27.2. The molecule has 0 atom stereocenters. The summed E-state index contributed by atoms with van der Waals surface area (Å²) in [5, 5.41) is 8.49. The summed E-state index contributed by atoms with van der Waals surface area (Å²) in [7, 11) is 0. The summed E-state index contributed by atoms with van der Waals surface area (Å²) in [6, 6.07) is 56.3. The van der Waals surface area contributed by atoms with Crippen LogP contribution in [-0.2, 0) is 0 Å². The molecule has 0 amide bonds. The van der Waals surface area contributed by atoms with Gasteiger partial charge in [0, 0.05) is 27.7 Å². The van der Waals surface area contributed by atoms with Crippen LogP contribution < -0.4 is 4.90 Å². The van der Waals surface area contributed by atoms with Gasteiger partial charge in [0.15, 0.2) is 0 Å². The highest BCUT2D eigenvalue weighted by Gasteiger charge is 2.16. The summed E-state index contributed by atoms with van der Waals surface area (Å²) in [5.74, 6) is 0. The molecule has 0 aliphatic carbocycles. The molecule has 0 fully saturated rings. The fraction of sp³-hybridized carbons (Fsp3) is 0. The van der Waals surface area contributed by atoms with Crippen molar-refractivity contribution in [3.63, 3.8) is 0 Å². The van der Waals surface area contributed by atoms with Crippen molar-refractivity contribution in [2.45, 2.75) is 0 Å². The number of hydrogen-bond donors (Lipinski definition) is 0. The number of anilines is 3. The molecule has 0 spiro atoms. The SMILES string of the molecule is c1ccc(N(c2ccc3ccc(-c4ccc5ccccc5n4)cc3c2)c2cccc3cc4ccccc4cc23)cc1. The number of para-hydroxylation sites is 2. The first-order valence-electron chi connectivity index (χ1n) is 14.0. The Labute approximate surface area is 238 Å². The van der Waals surface area contributed by atoms with Crippen molar-refractivity contribution in [2.75, 3.05) is 4.90 Å². The fourth-order valence-corrected chi connectivity index (χ4v) is 5.91. The van der Waals surface area contributed by atoms with Crippen molar-refractivity contribution < 1.29 is 0 Å². The molecule has 41 heavy (non-hydrogen) atoms. The molecule has 0 aliphatic heterocycles. The van der Waals surface area contributed by atoms with Crippen LogP contribution in [0.1, 0.15) is 0 Å². The van der Waals surface area contributed by atoms with Gasteiger partial charge in [-0.05, 0) is 87.6 Å². The van der Waals surface area contributed by atoms with Crippen molar-refractivity contribution >= 4 is 60.3 Å². The second-order valence-electron chi connectivity index (χ2n) is 10.5. The van der Waals surface area contributed by atoms with Crippen LogP contribution in [0.3, 0.4) is 0 Å². The van der Waals surface area contributed by atoms with Crippen LogP contribution in [0.5, 0.6) is 0 Å². The van der Waals surface area contributed by atoms with E-state index < -0.39 is 0 Å². The van der Waals surface area contributed by atoms with Crippen molar-refractivity contribution in [3.05, 3.63) is 158 Å². The van der Waals surface area contributed by atoms with Gasteiger partial charge in [-0.2, -0.15) is 0 Å². The predicted octanol–water partition coefficient (Wildman–Crippen LogP) is 10.8. The van der Waals surface area contributed by atoms with E-state index in [0.717, 1.165) is 39.2 Å². The van der Waals surface area contributed by atoms with E-state index in [9.17, 15) is 0 Å². The Morgan fingerprint density at radius 1 is 0.390 bits per heavy atom. The molecule has 2 heteroatoms. The van der Waals surface area contributed by atoms with Crippen molar-refractivity contribution in [1.29, 1.82) is 0 Å². The van der Waals surface area contributed by atoms with Crippen LogP contribution in [0.2, 0.25) is 0 Å². The molecule has 2 nitrogen and oxygen atoms in total. The standard InChI is InChI=1S/C39H26N2/c1-2-13-34(14-3-1)41(39-16-8-12-31-23-29-10-4-5-11-30(29)26-36(31)39)35-21-19-27-17-18-32(24-33(27)25-35)38-22-20-28-9-6-7-15-37(28)40-38/h1-26H. The van der Waals surface area contributed by atoms with E-state index in [0.29, 0.717) is 0 Å². The second-order valence-corrected chi connectivity index (χ2v) is 10.5. The van der Waals surface area contributed by atoms with Crippen LogP contribution in [0, 0.1) is 0 Å². The average Bonchev–Trinajstić information content (AvgIpc) is 3.04. The number of fused-ring (bicyclic) bond motifs is 4. The molecule has 7 aromatic carbocycles. The number of aromatic nitrogens is 1. The minimum absolute atomic E-state index is 0.983. The topological polar surface area (TPSA) is 16.1 Å². The Morgan fingerprint density at radius 3 is 1.98 bits per heavy atom. The van der Waals surface area contributed by atoms with Gasteiger partial charge in [0.25, 0.3) is 0 Å². The Balaban J connectivity index is 1.31. The van der Waals surface area contributed by atoms with Crippen molar-refractivity contribution in [1.82, 2.24) is 4.98 Å². The Hall–Kier alpha value is -5.47. The summed E-state index contributed by atoms with van der Waals surface area (Å²) in [6.07, 6.45) is 0. The molecule has 0 radical (unpaired) electrons. The van der Waals surface area contributed by atoms with Crippen molar-refractivity contribution in [3.8, 4) is 11.3 Å². The number of rotatable bonds is 4. The molecular weight excluding hydrogens is 496 g/mol. The number of benzene rings is 7. The van der Waals surface area contributed by atoms with Crippen LogP contribution in [-0.4, -0.2) is 4.98 Å². The highest BCUT2D eigenvalue weighted by atomic mass is 15.1. The van der Waals surface area contributed by atoms with Crippen LogP contribution in [0.4, 0.5) is 17.1 Å². The molecule has 1 aromatic heterocycles. The van der Waals surface area contributed by atoms with E-state index in [2.05, 4.69) is 157 Å². The largest absolute Gasteiger partial charge is 0.310 e. The quantitative estimate of drug-likeness (QED) is 0.214. The van der Waals surface area contributed by atoms with Gasteiger partial charge >= 0.3 is 0 Å². The third kappa shape index (κ3) is 4.18. The molecule has 8 rings (SSSR count). The van der Waals surface area contributed by atoms with Crippen molar-refractivity contribution in [2.24, 2.45) is 0 Å². The summed E-state index contributed by atoms with van der Waals surface area (Å²) in [5.41, 5.74) is 6.51. The number of nitrogens with zero attached hydrogens (tertiary/aromatic N) is 2. The highest BCUT2D eigenvalue weighted by molar-refractivity contribution is 6.06. The lowest BCUT2D eigenvalue weighted by Gasteiger charge is -2.27. The van der Waals surface area contributed by atoms with Gasteiger partial charge < -0.3 is 4.90 Å². The van der Waals surface area contributed by atoms with E-state index in [1.165, 1.54) is 32.3 Å². The lowest BCUT2D eigenvalue weighted by Crippen LogP contribution is -2.10. The first-order chi connectivity index (χ1) is 20.3. The molecule has 8 aromatic rings. The van der Waals surface area contributed by atoms with E-state index in [4.69, 9.17) is 4.98 Å². The third-order valence-corrected chi connectivity index (χ3v) is 7.96. The Bertz CT molecular complexity index is 2220. The molecule has 0 unspecified atom stereocenters. The predicted molar refractivity (Wildman–Crippen MR) is 174 cm³/mol. The smallest absolute Gasteiger partial charge is 0.0709 e. The van der Waals surface area contributed by atoms with Gasteiger partial charge in [-0.3, -0.25) is 0 Å². The summed E-state index contributed by atoms with van der Waals surface area (Å²) >= 11 is 0. The van der Waals surface area contributed by atoms with E-state index in [1.807, 2.05) is 6.07 Å². The normalized spacial score (nSPS) is 11.4. The zero-order valence-corrected chi connectivity index (χ0v) is 22.4. The zero-order valence-electron chi connectivity index (χ0n) is 22.4. The van der Waals surface area contributed by atoms with Gasteiger partial charge in [0.1, 0.15) is 0 Å². The Kier molecular flexibility index (Phi) is 5.49.